The van der Waals surface area contributed by atoms with Crippen LogP contribution in [0.5, 0.6) is 0 Å². The van der Waals surface area contributed by atoms with Crippen LogP contribution in [0.1, 0.15) is 31.7 Å². The predicted octanol–water partition coefficient (Wildman–Crippen LogP) is 0.528. The Morgan fingerprint density at radius 3 is 2.86 bits per heavy atom. The minimum atomic E-state index is -0.815. The first-order valence-corrected chi connectivity index (χ1v) is 6.95. The second kappa shape index (κ2) is 6.38. The Hall–Kier alpha value is -2.38. The van der Waals surface area contributed by atoms with Crippen LogP contribution in [0.3, 0.4) is 0 Å². The van der Waals surface area contributed by atoms with E-state index in [0.29, 0.717) is 5.82 Å². The Balaban J connectivity index is 1.98. The number of aromatic nitrogens is 2. The van der Waals surface area contributed by atoms with Crippen molar-refractivity contribution in [3.63, 3.8) is 0 Å². The molecule has 1 atom stereocenters. The Bertz CT molecular complexity index is 566. The lowest BCUT2D eigenvalue weighted by atomic mass is 10.2. The van der Waals surface area contributed by atoms with Crippen LogP contribution in [-0.2, 0) is 16.1 Å². The van der Waals surface area contributed by atoms with E-state index in [4.69, 9.17) is 0 Å². The van der Waals surface area contributed by atoms with Crippen molar-refractivity contribution in [2.24, 2.45) is 0 Å². The highest BCUT2D eigenvalue weighted by Gasteiger charge is 2.31. The summed E-state index contributed by atoms with van der Waals surface area (Å²) >= 11 is 0. The number of rotatable bonds is 6. The number of imide groups is 1. The Labute approximate surface area is 122 Å². The molecule has 114 valence electrons. The first-order valence-electron chi connectivity index (χ1n) is 6.95. The normalized spacial score (nSPS) is 17.5. The number of hydrogen-bond donors (Lipinski definition) is 3. The Morgan fingerprint density at radius 1 is 1.48 bits per heavy atom. The van der Waals surface area contributed by atoms with Gasteiger partial charge in [-0.1, -0.05) is 13.3 Å². The average molecular weight is 293 g/mol. The van der Waals surface area contributed by atoms with Gasteiger partial charge in [0.1, 0.15) is 11.9 Å². The number of carbonyl (C=O) groups excluding carboxylic acids is 3. The van der Waals surface area contributed by atoms with E-state index in [1.54, 1.807) is 10.9 Å². The van der Waals surface area contributed by atoms with Crippen LogP contribution in [0.15, 0.2) is 6.20 Å². The zero-order chi connectivity index (χ0) is 15.4. The predicted molar refractivity (Wildman–Crippen MR) is 75.6 cm³/mol. The van der Waals surface area contributed by atoms with Crippen molar-refractivity contribution >= 4 is 23.7 Å². The molecule has 1 aliphatic rings. The third-order valence-electron chi connectivity index (χ3n) is 3.25. The van der Waals surface area contributed by atoms with Crippen LogP contribution < -0.4 is 16.0 Å². The summed E-state index contributed by atoms with van der Waals surface area (Å²) in [5.74, 6) is -0.178. The number of urea groups is 1. The maximum Gasteiger partial charge on any atom is 0.322 e. The minimum Gasteiger partial charge on any atom is -0.325 e. The van der Waals surface area contributed by atoms with Crippen molar-refractivity contribution in [2.75, 3.05) is 5.32 Å². The highest BCUT2D eigenvalue weighted by Crippen LogP contribution is 2.15. The van der Waals surface area contributed by atoms with E-state index in [0.717, 1.165) is 24.9 Å². The molecule has 8 nitrogen and oxygen atoms in total. The molecule has 0 spiro atoms. The highest BCUT2D eigenvalue weighted by molar-refractivity contribution is 6.06. The smallest absolute Gasteiger partial charge is 0.322 e. The van der Waals surface area contributed by atoms with Gasteiger partial charge in [-0.15, -0.1) is 0 Å². The summed E-state index contributed by atoms with van der Waals surface area (Å²) < 4.78 is 1.74. The average Bonchev–Trinajstić information content (AvgIpc) is 2.92. The van der Waals surface area contributed by atoms with Gasteiger partial charge in [-0.25, -0.2) is 9.48 Å². The number of hydrogen-bond acceptors (Lipinski definition) is 4. The third-order valence-corrected chi connectivity index (χ3v) is 3.25. The molecule has 8 heteroatoms. The summed E-state index contributed by atoms with van der Waals surface area (Å²) in [7, 11) is 0. The molecule has 1 aromatic heterocycles. The summed E-state index contributed by atoms with van der Waals surface area (Å²) in [6.45, 7) is 4.66. The van der Waals surface area contributed by atoms with Gasteiger partial charge in [0.25, 0.3) is 5.91 Å². The second-order valence-corrected chi connectivity index (χ2v) is 5.02. The molecular formula is C13H19N5O3. The van der Waals surface area contributed by atoms with E-state index in [2.05, 4.69) is 28.0 Å². The van der Waals surface area contributed by atoms with Crippen LogP contribution in [0.25, 0.3) is 0 Å². The monoisotopic (exact) mass is 293 g/mol. The topological polar surface area (TPSA) is 105 Å². The van der Waals surface area contributed by atoms with Gasteiger partial charge < -0.3 is 10.6 Å². The fraction of sp³-hybridized carbons (Fsp3) is 0.538. The van der Waals surface area contributed by atoms with Crippen molar-refractivity contribution in [1.82, 2.24) is 20.4 Å². The van der Waals surface area contributed by atoms with E-state index in [1.165, 1.54) is 0 Å². The zero-order valence-corrected chi connectivity index (χ0v) is 12.1. The zero-order valence-electron chi connectivity index (χ0n) is 12.1. The van der Waals surface area contributed by atoms with Crippen molar-refractivity contribution in [3.8, 4) is 0 Å². The number of amides is 4. The molecule has 1 aromatic rings. The quantitative estimate of drug-likeness (QED) is 0.665. The molecule has 0 aromatic carbocycles. The molecule has 0 bridgehead atoms. The molecule has 2 heterocycles. The number of nitrogens with zero attached hydrogens (tertiary/aromatic N) is 2. The maximum absolute atomic E-state index is 12.0. The number of carbonyl (C=O) groups is 3. The molecule has 0 radical (unpaired) electrons. The molecule has 0 saturated carbocycles. The Morgan fingerprint density at radius 2 is 2.24 bits per heavy atom. The lowest BCUT2D eigenvalue weighted by Crippen LogP contribution is -2.33. The SMILES string of the molecule is CCCCn1ncc(C)c1NC(=O)CC1NC(=O)NC1=O. The Kier molecular flexibility index (Phi) is 4.56. The van der Waals surface area contributed by atoms with E-state index in [1.807, 2.05) is 6.92 Å². The molecular weight excluding hydrogens is 274 g/mol. The van der Waals surface area contributed by atoms with Gasteiger partial charge in [0, 0.05) is 12.1 Å². The summed E-state index contributed by atoms with van der Waals surface area (Å²) in [6.07, 6.45) is 3.58. The molecule has 1 saturated heterocycles. The molecule has 2 rings (SSSR count). The van der Waals surface area contributed by atoms with Gasteiger partial charge in [0.2, 0.25) is 5.91 Å². The van der Waals surface area contributed by atoms with Gasteiger partial charge in [-0.2, -0.15) is 5.10 Å². The van der Waals surface area contributed by atoms with E-state index in [-0.39, 0.29) is 12.3 Å². The lowest BCUT2D eigenvalue weighted by molar-refractivity contribution is -0.124. The lowest BCUT2D eigenvalue weighted by Gasteiger charge is -2.11. The number of aryl methyl sites for hydroxylation is 2. The van der Waals surface area contributed by atoms with Crippen molar-refractivity contribution in [3.05, 3.63) is 11.8 Å². The van der Waals surface area contributed by atoms with E-state index >= 15 is 0 Å². The van der Waals surface area contributed by atoms with Gasteiger partial charge in [-0.05, 0) is 13.3 Å². The van der Waals surface area contributed by atoms with Crippen LogP contribution in [0, 0.1) is 6.92 Å². The molecule has 3 N–H and O–H groups in total. The maximum atomic E-state index is 12.0. The fourth-order valence-electron chi connectivity index (χ4n) is 2.09. The number of nitrogens with one attached hydrogen (secondary N) is 3. The number of anilines is 1. The molecule has 1 aliphatic heterocycles. The van der Waals surface area contributed by atoms with E-state index in [9.17, 15) is 14.4 Å². The van der Waals surface area contributed by atoms with Gasteiger partial charge in [-0.3, -0.25) is 14.9 Å². The summed E-state index contributed by atoms with van der Waals surface area (Å²) in [6, 6.07) is -1.38. The van der Waals surface area contributed by atoms with Gasteiger partial charge >= 0.3 is 6.03 Å². The van der Waals surface area contributed by atoms with Crippen LogP contribution in [-0.4, -0.2) is 33.7 Å². The first kappa shape index (κ1) is 15.0. The van der Waals surface area contributed by atoms with Crippen molar-refractivity contribution in [2.45, 2.75) is 45.7 Å². The highest BCUT2D eigenvalue weighted by atomic mass is 16.2. The van der Waals surface area contributed by atoms with Gasteiger partial charge in [0.15, 0.2) is 0 Å². The molecule has 0 aliphatic carbocycles. The first-order chi connectivity index (χ1) is 10.0. The molecule has 4 amide bonds. The largest absolute Gasteiger partial charge is 0.325 e. The van der Waals surface area contributed by atoms with Crippen LogP contribution in [0.4, 0.5) is 10.6 Å². The molecule has 21 heavy (non-hydrogen) atoms. The molecule has 1 fully saturated rings. The summed E-state index contributed by atoms with van der Waals surface area (Å²) in [5, 5.41) is 11.5. The minimum absolute atomic E-state index is 0.101. The fourth-order valence-corrected chi connectivity index (χ4v) is 2.09. The summed E-state index contributed by atoms with van der Waals surface area (Å²) in [4.78, 5) is 34.4. The van der Waals surface area contributed by atoms with Crippen molar-refractivity contribution < 1.29 is 14.4 Å². The molecule has 1 unspecified atom stereocenters. The van der Waals surface area contributed by atoms with Crippen LogP contribution in [0.2, 0.25) is 0 Å². The third kappa shape index (κ3) is 3.59. The number of unbranched alkanes of at least 4 members (excludes halogenated alkanes) is 1. The van der Waals surface area contributed by atoms with E-state index < -0.39 is 18.0 Å². The second-order valence-electron chi connectivity index (χ2n) is 5.02. The standard InChI is InChI=1S/C13H19N5O3/c1-3-4-5-18-11(8(2)7-14-18)16-10(19)6-9-12(20)17-13(21)15-9/h7,9H,3-6H2,1-2H3,(H,16,19)(H2,15,17,20,21). The summed E-state index contributed by atoms with van der Waals surface area (Å²) in [5.41, 5.74) is 0.861. The van der Waals surface area contributed by atoms with Crippen LogP contribution >= 0.6 is 0 Å². The van der Waals surface area contributed by atoms with Gasteiger partial charge in [0.05, 0.1) is 12.6 Å². The van der Waals surface area contributed by atoms with Crippen molar-refractivity contribution in [1.29, 1.82) is 0 Å².